The topological polar surface area (TPSA) is 40.6 Å². The number of fused-ring (bicyclic) bond motifs is 1. The highest BCUT2D eigenvalue weighted by molar-refractivity contribution is 7.10. The van der Waals surface area contributed by atoms with Crippen LogP contribution in [0.15, 0.2) is 60.0 Å². The van der Waals surface area contributed by atoms with Gasteiger partial charge in [-0.1, -0.05) is 64.1 Å². The molecule has 2 aromatic carbocycles. The standard InChI is InChI=1S/C31H36N2O2S/c1-5-21-6-8-23(9-7-21)30(35)33(25-14-15-25)20-28(34)32-18-16-27-26(17-19-36-27)29(32)22-10-12-24(13-11-22)31(2,3)4/h6-13,17,19,25,29H,5,14-16,18,20H2,1-4H3. The Morgan fingerprint density at radius 2 is 1.69 bits per heavy atom. The molecule has 2 aliphatic rings. The van der Waals surface area contributed by atoms with Gasteiger partial charge in [0, 0.05) is 23.0 Å². The molecule has 36 heavy (non-hydrogen) atoms. The third-order valence-electron chi connectivity index (χ3n) is 7.54. The first kappa shape index (κ1) is 24.8. The van der Waals surface area contributed by atoms with Crippen LogP contribution in [0.4, 0.5) is 0 Å². The van der Waals surface area contributed by atoms with E-state index in [1.54, 1.807) is 11.3 Å². The van der Waals surface area contributed by atoms with Gasteiger partial charge in [0.1, 0.15) is 6.54 Å². The molecule has 2 amide bonds. The largest absolute Gasteiger partial charge is 0.330 e. The lowest BCUT2D eigenvalue weighted by Gasteiger charge is -2.38. The van der Waals surface area contributed by atoms with Gasteiger partial charge in [-0.25, -0.2) is 0 Å². The molecular formula is C31H36N2O2S. The van der Waals surface area contributed by atoms with Crippen molar-refractivity contribution in [2.45, 2.75) is 70.9 Å². The maximum absolute atomic E-state index is 13.9. The molecule has 0 bridgehead atoms. The second kappa shape index (κ2) is 9.85. The predicted octanol–water partition coefficient (Wildman–Crippen LogP) is 6.39. The molecule has 0 spiro atoms. The zero-order chi connectivity index (χ0) is 25.4. The maximum atomic E-state index is 13.9. The van der Waals surface area contributed by atoms with Crippen molar-refractivity contribution in [2.75, 3.05) is 13.1 Å². The van der Waals surface area contributed by atoms with E-state index >= 15 is 0 Å². The molecule has 1 aliphatic carbocycles. The van der Waals surface area contributed by atoms with E-state index in [1.165, 1.54) is 21.6 Å². The fourth-order valence-electron chi connectivity index (χ4n) is 5.15. The molecular weight excluding hydrogens is 464 g/mol. The Kier molecular flexibility index (Phi) is 6.78. The van der Waals surface area contributed by atoms with Crippen LogP contribution >= 0.6 is 11.3 Å². The minimum Gasteiger partial charge on any atom is -0.330 e. The minimum absolute atomic E-state index is 0.0298. The van der Waals surface area contributed by atoms with Gasteiger partial charge in [0.05, 0.1) is 6.04 Å². The number of benzene rings is 2. The Morgan fingerprint density at radius 1 is 1.00 bits per heavy atom. The SMILES string of the molecule is CCc1ccc(C(=O)N(CC(=O)N2CCc3sccc3C2c2ccc(C(C)(C)C)cc2)C2CC2)cc1. The molecule has 188 valence electrons. The quantitative estimate of drug-likeness (QED) is 0.394. The van der Waals surface area contributed by atoms with Crippen molar-refractivity contribution >= 4 is 23.2 Å². The molecule has 2 heterocycles. The van der Waals surface area contributed by atoms with Crippen LogP contribution in [0.25, 0.3) is 0 Å². The van der Waals surface area contributed by atoms with E-state index in [9.17, 15) is 9.59 Å². The van der Waals surface area contributed by atoms with E-state index in [2.05, 4.69) is 63.4 Å². The highest BCUT2D eigenvalue weighted by atomic mass is 32.1. The number of rotatable bonds is 6. The third-order valence-corrected chi connectivity index (χ3v) is 8.54. The summed E-state index contributed by atoms with van der Waals surface area (Å²) in [6, 6.07) is 18.8. The van der Waals surface area contributed by atoms with Crippen LogP contribution < -0.4 is 0 Å². The first-order valence-electron chi connectivity index (χ1n) is 13.1. The molecule has 1 aliphatic heterocycles. The first-order chi connectivity index (χ1) is 17.3. The van der Waals surface area contributed by atoms with Crippen LogP contribution in [0, 0.1) is 0 Å². The van der Waals surface area contributed by atoms with Crippen LogP contribution in [-0.4, -0.2) is 40.7 Å². The minimum atomic E-state index is -0.110. The number of hydrogen-bond acceptors (Lipinski definition) is 3. The molecule has 0 saturated heterocycles. The Hall–Kier alpha value is -2.92. The summed E-state index contributed by atoms with van der Waals surface area (Å²) < 4.78 is 0. The van der Waals surface area contributed by atoms with E-state index in [0.29, 0.717) is 12.1 Å². The second-order valence-electron chi connectivity index (χ2n) is 11.1. The monoisotopic (exact) mass is 500 g/mol. The molecule has 0 radical (unpaired) electrons. The lowest BCUT2D eigenvalue weighted by atomic mass is 9.85. The highest BCUT2D eigenvalue weighted by Gasteiger charge is 2.38. The van der Waals surface area contributed by atoms with Crippen molar-refractivity contribution in [3.63, 3.8) is 0 Å². The van der Waals surface area contributed by atoms with E-state index in [1.807, 2.05) is 34.1 Å². The smallest absolute Gasteiger partial charge is 0.254 e. The molecule has 0 N–H and O–H groups in total. The summed E-state index contributed by atoms with van der Waals surface area (Å²) in [6.07, 6.45) is 3.75. The first-order valence-corrected chi connectivity index (χ1v) is 14.0. The van der Waals surface area contributed by atoms with Crippen molar-refractivity contribution in [3.05, 3.63) is 92.7 Å². The number of carbonyl (C=O) groups excluding carboxylic acids is 2. The Morgan fingerprint density at radius 3 is 2.31 bits per heavy atom. The Bertz CT molecular complexity index is 1230. The van der Waals surface area contributed by atoms with Crippen LogP contribution in [0.1, 0.15) is 84.1 Å². The molecule has 1 aromatic heterocycles. The van der Waals surface area contributed by atoms with Gasteiger partial charge >= 0.3 is 0 Å². The van der Waals surface area contributed by atoms with Gasteiger partial charge < -0.3 is 9.80 Å². The van der Waals surface area contributed by atoms with Gasteiger partial charge in [0.25, 0.3) is 5.91 Å². The predicted molar refractivity (Wildman–Crippen MR) is 147 cm³/mol. The third kappa shape index (κ3) is 4.99. The molecule has 1 fully saturated rings. The van der Waals surface area contributed by atoms with Gasteiger partial charge in [0.15, 0.2) is 0 Å². The average molecular weight is 501 g/mol. The lowest BCUT2D eigenvalue weighted by Crippen LogP contribution is -2.47. The van der Waals surface area contributed by atoms with Crippen LogP contribution in [0.2, 0.25) is 0 Å². The zero-order valence-electron chi connectivity index (χ0n) is 21.8. The van der Waals surface area contributed by atoms with Crippen LogP contribution in [0.3, 0.4) is 0 Å². The molecule has 3 aromatic rings. The molecule has 4 nitrogen and oxygen atoms in total. The van der Waals surface area contributed by atoms with Gasteiger partial charge in [-0.2, -0.15) is 0 Å². The van der Waals surface area contributed by atoms with Crippen molar-refractivity contribution in [1.29, 1.82) is 0 Å². The maximum Gasteiger partial charge on any atom is 0.254 e. The number of hydrogen-bond donors (Lipinski definition) is 0. The molecule has 5 heteroatoms. The summed E-state index contributed by atoms with van der Waals surface area (Å²) in [5.74, 6) is -0.00464. The summed E-state index contributed by atoms with van der Waals surface area (Å²) in [5.41, 5.74) is 5.60. The zero-order valence-corrected chi connectivity index (χ0v) is 22.6. The number of amides is 2. The highest BCUT2D eigenvalue weighted by Crippen LogP contribution is 2.39. The van der Waals surface area contributed by atoms with E-state index in [-0.39, 0.29) is 35.9 Å². The van der Waals surface area contributed by atoms with E-state index in [0.717, 1.165) is 31.2 Å². The summed E-state index contributed by atoms with van der Waals surface area (Å²) in [5, 5.41) is 2.13. The molecule has 5 rings (SSSR count). The number of carbonyl (C=O) groups is 2. The van der Waals surface area contributed by atoms with Crippen molar-refractivity contribution < 1.29 is 9.59 Å². The molecule has 1 saturated carbocycles. The van der Waals surface area contributed by atoms with E-state index < -0.39 is 0 Å². The summed E-state index contributed by atoms with van der Waals surface area (Å²) in [7, 11) is 0. The van der Waals surface area contributed by atoms with Crippen molar-refractivity contribution in [2.24, 2.45) is 0 Å². The summed E-state index contributed by atoms with van der Waals surface area (Å²) >= 11 is 1.78. The van der Waals surface area contributed by atoms with E-state index in [4.69, 9.17) is 0 Å². The summed E-state index contributed by atoms with van der Waals surface area (Å²) in [6.45, 7) is 9.57. The van der Waals surface area contributed by atoms with Gasteiger partial charge in [-0.15, -0.1) is 11.3 Å². The van der Waals surface area contributed by atoms with Crippen LogP contribution in [-0.2, 0) is 23.1 Å². The molecule has 1 atom stereocenters. The summed E-state index contributed by atoms with van der Waals surface area (Å²) in [4.78, 5) is 32.5. The lowest BCUT2D eigenvalue weighted by molar-refractivity contribution is -0.134. The Balaban J connectivity index is 1.41. The number of nitrogens with zero attached hydrogens (tertiary/aromatic N) is 2. The average Bonchev–Trinajstić information content (AvgIpc) is 3.61. The Labute approximate surface area is 218 Å². The second-order valence-corrected chi connectivity index (χ2v) is 12.1. The van der Waals surface area contributed by atoms with Gasteiger partial charge in [-0.3, -0.25) is 9.59 Å². The number of aryl methyl sites for hydroxylation is 1. The molecule has 1 unspecified atom stereocenters. The van der Waals surface area contributed by atoms with Gasteiger partial charge in [0.2, 0.25) is 5.91 Å². The normalized spacial score (nSPS) is 17.6. The fourth-order valence-corrected chi connectivity index (χ4v) is 6.05. The number of thiophene rings is 1. The van der Waals surface area contributed by atoms with Crippen LogP contribution in [0.5, 0.6) is 0 Å². The fraction of sp³-hybridized carbons (Fsp3) is 0.419. The van der Waals surface area contributed by atoms with Crippen molar-refractivity contribution in [1.82, 2.24) is 9.80 Å². The van der Waals surface area contributed by atoms with Gasteiger partial charge in [-0.05, 0) is 76.9 Å². The van der Waals surface area contributed by atoms with Crippen molar-refractivity contribution in [3.8, 4) is 0 Å².